The van der Waals surface area contributed by atoms with Gasteiger partial charge in [-0.05, 0) is 19.1 Å². The second-order valence-electron chi connectivity index (χ2n) is 4.14. The van der Waals surface area contributed by atoms with Crippen LogP contribution in [-0.2, 0) is 9.53 Å². The smallest absolute Gasteiger partial charge is 0.238 e. The molecular weight excluding hydrogens is 220 g/mol. The van der Waals surface area contributed by atoms with Crippen molar-refractivity contribution in [3.63, 3.8) is 0 Å². The fourth-order valence-corrected chi connectivity index (χ4v) is 1.63. The second kappa shape index (κ2) is 6.42. The first-order valence-electron chi connectivity index (χ1n) is 5.55. The summed E-state index contributed by atoms with van der Waals surface area (Å²) < 4.78 is 10.4. The molecule has 0 unspecified atom stereocenters. The molecule has 5 heteroatoms. The largest absolute Gasteiger partial charge is 0.468 e. The highest BCUT2D eigenvalue weighted by atomic mass is 16.5. The number of carbonyl (C=O) groups is 1. The average Bonchev–Trinajstić information content (AvgIpc) is 2.80. The summed E-state index contributed by atoms with van der Waals surface area (Å²) in [7, 11) is 5.09. The molecule has 17 heavy (non-hydrogen) atoms. The van der Waals surface area contributed by atoms with Gasteiger partial charge in [0.1, 0.15) is 5.76 Å². The molecule has 0 aliphatic rings. The highest BCUT2D eigenvalue weighted by molar-refractivity contribution is 5.80. The summed E-state index contributed by atoms with van der Waals surface area (Å²) in [6.45, 7) is 2.28. The summed E-state index contributed by atoms with van der Waals surface area (Å²) in [5, 5.41) is 3.19. The van der Waals surface area contributed by atoms with Crippen LogP contribution < -0.4 is 5.32 Å². The molecule has 1 heterocycles. The second-order valence-corrected chi connectivity index (χ2v) is 4.14. The molecule has 0 aliphatic heterocycles. The number of methoxy groups -OCH3 is 1. The van der Waals surface area contributed by atoms with Crippen molar-refractivity contribution in [3.8, 4) is 0 Å². The number of likely N-dealkylation sites (N-methyl/N-ethyl adjacent to an activating group) is 1. The van der Waals surface area contributed by atoms with Crippen LogP contribution in [0.25, 0.3) is 0 Å². The van der Waals surface area contributed by atoms with Crippen molar-refractivity contribution in [2.45, 2.75) is 19.0 Å². The third-order valence-electron chi connectivity index (χ3n) is 2.48. The maximum atomic E-state index is 11.7. The number of nitrogens with one attached hydrogen (secondary N) is 1. The number of hydrogen-bond acceptors (Lipinski definition) is 4. The van der Waals surface area contributed by atoms with Crippen molar-refractivity contribution in [2.75, 3.05) is 27.8 Å². The van der Waals surface area contributed by atoms with Gasteiger partial charge in [0.2, 0.25) is 5.91 Å². The molecule has 1 amide bonds. The zero-order chi connectivity index (χ0) is 12.8. The summed E-state index contributed by atoms with van der Waals surface area (Å²) in [6, 6.07) is 3.28. The van der Waals surface area contributed by atoms with E-state index in [1.807, 2.05) is 19.1 Å². The predicted molar refractivity (Wildman–Crippen MR) is 64.6 cm³/mol. The number of nitrogens with zero attached hydrogens (tertiary/aromatic N) is 1. The van der Waals surface area contributed by atoms with E-state index in [-0.39, 0.29) is 18.0 Å². The van der Waals surface area contributed by atoms with E-state index in [1.165, 1.54) is 0 Å². The first-order chi connectivity index (χ1) is 8.06. The molecule has 0 saturated heterocycles. The molecule has 1 aromatic rings. The van der Waals surface area contributed by atoms with E-state index in [2.05, 4.69) is 5.32 Å². The summed E-state index contributed by atoms with van der Waals surface area (Å²) in [6.07, 6.45) is 1.61. The third-order valence-corrected chi connectivity index (χ3v) is 2.48. The van der Waals surface area contributed by atoms with Crippen LogP contribution >= 0.6 is 0 Å². The fraction of sp³-hybridized carbons (Fsp3) is 0.583. The Hall–Kier alpha value is -1.33. The van der Waals surface area contributed by atoms with Gasteiger partial charge in [0.05, 0.1) is 25.0 Å². The van der Waals surface area contributed by atoms with Gasteiger partial charge in [-0.15, -0.1) is 0 Å². The normalized spacial score (nSPS) is 14.4. The predicted octanol–water partition coefficient (Wildman–Crippen LogP) is 1.03. The van der Waals surface area contributed by atoms with Crippen molar-refractivity contribution in [1.82, 2.24) is 10.2 Å². The molecule has 0 aliphatic carbocycles. The quantitative estimate of drug-likeness (QED) is 0.807. The van der Waals surface area contributed by atoms with E-state index >= 15 is 0 Å². The molecular formula is C12H20N2O3. The lowest BCUT2D eigenvalue weighted by atomic mass is 10.2. The Morgan fingerprint density at radius 2 is 2.29 bits per heavy atom. The van der Waals surface area contributed by atoms with Crippen LogP contribution in [0.15, 0.2) is 22.8 Å². The van der Waals surface area contributed by atoms with E-state index < -0.39 is 0 Å². The molecule has 0 saturated carbocycles. The van der Waals surface area contributed by atoms with Crippen LogP contribution in [-0.4, -0.2) is 44.7 Å². The van der Waals surface area contributed by atoms with E-state index in [0.29, 0.717) is 6.61 Å². The Morgan fingerprint density at radius 1 is 1.59 bits per heavy atom. The molecule has 96 valence electrons. The third kappa shape index (κ3) is 3.87. The van der Waals surface area contributed by atoms with Crippen molar-refractivity contribution in [1.29, 1.82) is 0 Å². The lowest BCUT2D eigenvalue weighted by Crippen LogP contribution is -2.44. The van der Waals surface area contributed by atoms with Crippen molar-refractivity contribution in [2.24, 2.45) is 0 Å². The number of rotatable bonds is 6. The topological polar surface area (TPSA) is 54.7 Å². The van der Waals surface area contributed by atoms with E-state index in [1.54, 1.807) is 32.4 Å². The number of amides is 1. The molecule has 5 nitrogen and oxygen atoms in total. The van der Waals surface area contributed by atoms with Gasteiger partial charge in [-0.25, -0.2) is 0 Å². The lowest BCUT2D eigenvalue weighted by Gasteiger charge is -2.23. The number of carbonyl (C=O) groups excluding carboxylic acids is 1. The van der Waals surface area contributed by atoms with Crippen LogP contribution in [0.2, 0.25) is 0 Å². The van der Waals surface area contributed by atoms with Crippen molar-refractivity contribution < 1.29 is 13.9 Å². The monoisotopic (exact) mass is 240 g/mol. The minimum Gasteiger partial charge on any atom is -0.468 e. The van der Waals surface area contributed by atoms with Crippen LogP contribution in [0.5, 0.6) is 0 Å². The van der Waals surface area contributed by atoms with Gasteiger partial charge in [-0.3, -0.25) is 10.1 Å². The Morgan fingerprint density at radius 3 is 2.76 bits per heavy atom. The van der Waals surface area contributed by atoms with Crippen LogP contribution in [0.4, 0.5) is 0 Å². The zero-order valence-corrected chi connectivity index (χ0v) is 10.8. The van der Waals surface area contributed by atoms with Gasteiger partial charge in [0, 0.05) is 21.2 Å². The molecule has 0 spiro atoms. The Kier molecular flexibility index (Phi) is 5.18. The maximum Gasteiger partial charge on any atom is 0.238 e. The van der Waals surface area contributed by atoms with Gasteiger partial charge in [-0.2, -0.15) is 0 Å². The fourth-order valence-electron chi connectivity index (χ4n) is 1.63. The van der Waals surface area contributed by atoms with Gasteiger partial charge >= 0.3 is 0 Å². The number of ether oxygens (including phenoxy) is 1. The Bertz CT molecular complexity index is 336. The molecule has 1 N–H and O–H groups in total. The van der Waals surface area contributed by atoms with Crippen LogP contribution in [0.3, 0.4) is 0 Å². The number of furan rings is 1. The summed E-state index contributed by atoms with van der Waals surface area (Å²) in [4.78, 5) is 13.3. The van der Waals surface area contributed by atoms with Gasteiger partial charge in [0.25, 0.3) is 0 Å². The lowest BCUT2D eigenvalue weighted by molar-refractivity contribution is -0.130. The zero-order valence-electron chi connectivity index (χ0n) is 10.8. The van der Waals surface area contributed by atoms with Gasteiger partial charge < -0.3 is 14.1 Å². The Balaban J connectivity index is 2.64. The summed E-state index contributed by atoms with van der Waals surface area (Å²) in [5.74, 6) is 0.794. The molecule has 0 fully saturated rings. The van der Waals surface area contributed by atoms with Crippen molar-refractivity contribution in [3.05, 3.63) is 24.2 Å². The maximum absolute atomic E-state index is 11.7. The minimum atomic E-state index is -0.282. The highest BCUT2D eigenvalue weighted by Crippen LogP contribution is 2.14. The SMILES string of the molecule is COC[C@@H](N[C@@H](C)C(=O)N(C)C)c1ccco1. The van der Waals surface area contributed by atoms with E-state index in [0.717, 1.165) is 5.76 Å². The van der Waals surface area contributed by atoms with Gasteiger partial charge in [-0.1, -0.05) is 0 Å². The molecule has 2 atom stereocenters. The van der Waals surface area contributed by atoms with E-state index in [4.69, 9.17) is 9.15 Å². The highest BCUT2D eigenvalue weighted by Gasteiger charge is 2.21. The Labute approximate surface area is 102 Å². The molecule has 1 aromatic heterocycles. The molecule has 0 radical (unpaired) electrons. The first kappa shape index (κ1) is 13.7. The first-order valence-corrected chi connectivity index (χ1v) is 5.55. The molecule has 1 rings (SSSR count). The van der Waals surface area contributed by atoms with Crippen molar-refractivity contribution >= 4 is 5.91 Å². The average molecular weight is 240 g/mol. The molecule has 0 aromatic carbocycles. The summed E-state index contributed by atoms with van der Waals surface area (Å²) >= 11 is 0. The standard InChI is InChI=1S/C12H20N2O3/c1-9(12(15)14(2)3)13-10(8-16-4)11-6-5-7-17-11/h5-7,9-10,13H,8H2,1-4H3/t9-,10+/m0/s1. The van der Waals surface area contributed by atoms with Crippen LogP contribution in [0, 0.1) is 0 Å². The number of hydrogen-bond donors (Lipinski definition) is 1. The minimum absolute atomic E-state index is 0.0256. The molecule has 0 bridgehead atoms. The van der Waals surface area contributed by atoms with Crippen LogP contribution in [0.1, 0.15) is 18.7 Å². The van der Waals surface area contributed by atoms with Gasteiger partial charge in [0.15, 0.2) is 0 Å². The summed E-state index contributed by atoms with van der Waals surface area (Å²) in [5.41, 5.74) is 0. The van der Waals surface area contributed by atoms with E-state index in [9.17, 15) is 4.79 Å².